The molecule has 20 heavy (non-hydrogen) atoms. The van der Waals surface area contributed by atoms with E-state index in [9.17, 15) is 0 Å². The summed E-state index contributed by atoms with van der Waals surface area (Å²) >= 11 is 0. The van der Waals surface area contributed by atoms with Crippen LogP contribution in [0.4, 0.5) is 0 Å². The molecule has 0 fully saturated rings. The van der Waals surface area contributed by atoms with Gasteiger partial charge in [-0.15, -0.1) is 0 Å². The number of aryl methyl sites for hydroxylation is 1. The molecule has 0 radical (unpaired) electrons. The molecule has 4 rings (SSSR count). The zero-order valence-corrected chi connectivity index (χ0v) is 11.0. The number of rotatable bonds is 1. The maximum Gasteiger partial charge on any atom is 0.163 e. The summed E-state index contributed by atoms with van der Waals surface area (Å²) in [5.41, 5.74) is 2.41. The van der Waals surface area contributed by atoms with E-state index in [1.54, 1.807) is 0 Å². The average Bonchev–Trinajstić information content (AvgIpc) is 2.97. The Hall–Kier alpha value is -2.50. The third-order valence-electron chi connectivity index (χ3n) is 3.22. The Morgan fingerprint density at radius 1 is 1.10 bits per heavy atom. The first kappa shape index (κ1) is 11.3. The van der Waals surface area contributed by atoms with Crippen molar-refractivity contribution in [3.63, 3.8) is 0 Å². The minimum Gasteiger partial charge on any atom is -0.489 e. The number of aromatic amines is 1. The molecule has 3 heterocycles. The smallest absolute Gasteiger partial charge is 0.163 e. The fourth-order valence-electron chi connectivity index (χ4n) is 2.27. The second-order valence-corrected chi connectivity index (χ2v) is 4.77. The van der Waals surface area contributed by atoms with Crippen molar-refractivity contribution in [3.05, 3.63) is 24.0 Å². The van der Waals surface area contributed by atoms with Crippen LogP contribution in [0.3, 0.4) is 0 Å². The third kappa shape index (κ3) is 1.80. The molecular formula is C14H13N3O3. The van der Waals surface area contributed by atoms with Crippen LogP contribution in [-0.4, -0.2) is 28.3 Å². The minimum absolute atomic E-state index is 0.665. The average molecular weight is 271 g/mol. The van der Waals surface area contributed by atoms with E-state index >= 15 is 0 Å². The molecule has 1 aliphatic heterocycles. The van der Waals surface area contributed by atoms with Crippen LogP contribution in [0.2, 0.25) is 0 Å². The SMILES string of the molecule is Cc1cc(-c2nc3cc4c(cc3[nH]2)OCCCO4)no1. The van der Waals surface area contributed by atoms with E-state index in [1.807, 2.05) is 25.1 Å². The van der Waals surface area contributed by atoms with Crippen LogP contribution >= 0.6 is 0 Å². The number of ether oxygens (including phenoxy) is 2. The predicted octanol–water partition coefficient (Wildman–Crippen LogP) is 2.69. The summed E-state index contributed by atoms with van der Waals surface area (Å²) in [7, 11) is 0. The number of H-pyrrole nitrogens is 1. The minimum atomic E-state index is 0.665. The molecule has 1 aromatic carbocycles. The van der Waals surface area contributed by atoms with E-state index < -0.39 is 0 Å². The molecule has 2 aromatic heterocycles. The molecule has 1 aliphatic rings. The molecule has 6 heteroatoms. The molecule has 0 saturated carbocycles. The predicted molar refractivity (Wildman–Crippen MR) is 71.9 cm³/mol. The highest BCUT2D eigenvalue weighted by molar-refractivity contribution is 5.82. The highest BCUT2D eigenvalue weighted by Gasteiger charge is 2.15. The molecule has 0 aliphatic carbocycles. The fourth-order valence-corrected chi connectivity index (χ4v) is 2.27. The number of aromatic nitrogens is 3. The summed E-state index contributed by atoms with van der Waals surface area (Å²) in [6.07, 6.45) is 0.888. The zero-order valence-electron chi connectivity index (χ0n) is 11.0. The first-order valence-electron chi connectivity index (χ1n) is 6.53. The van der Waals surface area contributed by atoms with Gasteiger partial charge in [-0.1, -0.05) is 5.16 Å². The molecule has 0 unspecified atom stereocenters. The van der Waals surface area contributed by atoms with Crippen molar-refractivity contribution in [2.45, 2.75) is 13.3 Å². The Bertz CT molecular complexity index is 732. The van der Waals surface area contributed by atoms with Crippen LogP contribution in [0.25, 0.3) is 22.6 Å². The second kappa shape index (κ2) is 4.26. The maximum absolute atomic E-state index is 5.67. The van der Waals surface area contributed by atoms with Gasteiger partial charge < -0.3 is 19.0 Å². The lowest BCUT2D eigenvalue weighted by atomic mass is 10.3. The summed E-state index contributed by atoms with van der Waals surface area (Å²) < 4.78 is 16.4. The van der Waals surface area contributed by atoms with Crippen LogP contribution in [-0.2, 0) is 0 Å². The zero-order chi connectivity index (χ0) is 13.5. The molecule has 0 bridgehead atoms. The quantitative estimate of drug-likeness (QED) is 0.736. The Balaban J connectivity index is 1.83. The molecule has 3 aromatic rings. The largest absolute Gasteiger partial charge is 0.489 e. The number of hydrogen-bond donors (Lipinski definition) is 1. The van der Waals surface area contributed by atoms with Crippen LogP contribution < -0.4 is 9.47 Å². The first-order chi connectivity index (χ1) is 9.79. The van der Waals surface area contributed by atoms with Crippen LogP contribution in [0.15, 0.2) is 22.7 Å². The number of nitrogens with zero attached hydrogens (tertiary/aromatic N) is 2. The van der Waals surface area contributed by atoms with E-state index in [1.165, 1.54) is 0 Å². The topological polar surface area (TPSA) is 73.2 Å². The van der Waals surface area contributed by atoms with Gasteiger partial charge in [-0.3, -0.25) is 0 Å². The molecule has 0 atom stereocenters. The van der Waals surface area contributed by atoms with E-state index in [0.717, 1.165) is 34.7 Å². The number of fused-ring (bicyclic) bond motifs is 2. The van der Waals surface area contributed by atoms with Gasteiger partial charge in [-0.05, 0) is 6.92 Å². The van der Waals surface area contributed by atoms with E-state index in [0.29, 0.717) is 24.7 Å². The standard InChI is InChI=1S/C14H13N3O3/c1-8-5-11(17-20-8)14-15-9-6-12-13(7-10(9)16-14)19-4-2-3-18-12/h5-7H,2-4H2,1H3,(H,15,16). The normalized spacial score (nSPS) is 14.4. The van der Waals surface area contributed by atoms with Crippen LogP contribution in [0, 0.1) is 6.92 Å². The fraction of sp³-hybridized carbons (Fsp3) is 0.286. The molecule has 0 spiro atoms. The summed E-state index contributed by atoms with van der Waals surface area (Å²) in [5, 5.41) is 3.96. The van der Waals surface area contributed by atoms with Gasteiger partial charge in [0.15, 0.2) is 17.3 Å². The van der Waals surface area contributed by atoms with Crippen molar-refractivity contribution in [1.82, 2.24) is 15.1 Å². The van der Waals surface area contributed by atoms with Gasteiger partial charge in [0.1, 0.15) is 11.5 Å². The summed E-state index contributed by atoms with van der Waals surface area (Å²) in [6.45, 7) is 3.18. The molecule has 0 amide bonds. The van der Waals surface area contributed by atoms with Gasteiger partial charge in [0.25, 0.3) is 0 Å². The Morgan fingerprint density at radius 2 is 1.90 bits per heavy atom. The van der Waals surface area contributed by atoms with Crippen molar-refractivity contribution in [2.75, 3.05) is 13.2 Å². The lowest BCUT2D eigenvalue weighted by Crippen LogP contribution is -1.97. The molecule has 102 valence electrons. The first-order valence-corrected chi connectivity index (χ1v) is 6.53. The van der Waals surface area contributed by atoms with Crippen molar-refractivity contribution >= 4 is 11.0 Å². The Kier molecular flexibility index (Phi) is 2.42. The van der Waals surface area contributed by atoms with Gasteiger partial charge in [0, 0.05) is 24.6 Å². The van der Waals surface area contributed by atoms with Crippen LogP contribution in [0.5, 0.6) is 11.5 Å². The van der Waals surface area contributed by atoms with Crippen molar-refractivity contribution in [3.8, 4) is 23.0 Å². The summed E-state index contributed by atoms with van der Waals surface area (Å²) in [4.78, 5) is 7.75. The maximum atomic E-state index is 5.67. The van der Waals surface area contributed by atoms with E-state index in [4.69, 9.17) is 14.0 Å². The lowest BCUT2D eigenvalue weighted by molar-refractivity contribution is 0.297. The van der Waals surface area contributed by atoms with E-state index in [-0.39, 0.29) is 0 Å². The number of nitrogens with one attached hydrogen (secondary N) is 1. The van der Waals surface area contributed by atoms with Gasteiger partial charge >= 0.3 is 0 Å². The Labute approximate surface area is 114 Å². The highest BCUT2D eigenvalue weighted by Crippen LogP contribution is 2.34. The molecule has 0 saturated heterocycles. The van der Waals surface area contributed by atoms with Gasteiger partial charge in [0.05, 0.1) is 24.2 Å². The highest BCUT2D eigenvalue weighted by atomic mass is 16.5. The second-order valence-electron chi connectivity index (χ2n) is 4.77. The van der Waals surface area contributed by atoms with Crippen LogP contribution in [0.1, 0.15) is 12.2 Å². The van der Waals surface area contributed by atoms with Crippen molar-refractivity contribution in [1.29, 1.82) is 0 Å². The van der Waals surface area contributed by atoms with Crippen molar-refractivity contribution in [2.24, 2.45) is 0 Å². The third-order valence-corrected chi connectivity index (χ3v) is 3.22. The monoisotopic (exact) mass is 271 g/mol. The molecule has 1 N–H and O–H groups in total. The summed E-state index contributed by atoms with van der Waals surface area (Å²) in [6, 6.07) is 5.65. The van der Waals surface area contributed by atoms with Gasteiger partial charge in [0.2, 0.25) is 0 Å². The number of hydrogen-bond acceptors (Lipinski definition) is 5. The van der Waals surface area contributed by atoms with Crippen molar-refractivity contribution < 1.29 is 14.0 Å². The van der Waals surface area contributed by atoms with Gasteiger partial charge in [-0.25, -0.2) is 4.98 Å². The molecular weight excluding hydrogens is 258 g/mol. The van der Waals surface area contributed by atoms with Gasteiger partial charge in [-0.2, -0.15) is 0 Å². The molecule has 6 nitrogen and oxygen atoms in total. The number of imidazole rings is 1. The number of benzene rings is 1. The lowest BCUT2D eigenvalue weighted by Gasteiger charge is -2.05. The summed E-state index contributed by atoms with van der Waals surface area (Å²) in [5.74, 6) is 2.92. The van der Waals surface area contributed by atoms with E-state index in [2.05, 4.69) is 15.1 Å². The Morgan fingerprint density at radius 3 is 2.65 bits per heavy atom.